The van der Waals surface area contributed by atoms with Gasteiger partial charge in [0.25, 0.3) is 0 Å². The highest BCUT2D eigenvalue weighted by molar-refractivity contribution is 6.43. The van der Waals surface area contributed by atoms with Crippen molar-refractivity contribution in [2.24, 2.45) is 0 Å². The van der Waals surface area contributed by atoms with Crippen LogP contribution in [0.15, 0.2) is 12.1 Å². The number of hydrogen-bond donors (Lipinski definition) is 1. The minimum atomic E-state index is -0.766. The first kappa shape index (κ1) is 21.3. The van der Waals surface area contributed by atoms with E-state index in [2.05, 4.69) is 4.98 Å². The summed E-state index contributed by atoms with van der Waals surface area (Å²) < 4.78 is 10.2. The molecule has 2 aromatic rings. The van der Waals surface area contributed by atoms with E-state index in [0.717, 1.165) is 0 Å². The number of aromatic amines is 1. The molecule has 0 aliphatic rings. The predicted octanol–water partition coefficient (Wildman–Crippen LogP) is 4.60. The zero-order valence-corrected chi connectivity index (χ0v) is 17.0. The van der Waals surface area contributed by atoms with Crippen molar-refractivity contribution >= 4 is 52.3 Å². The molecule has 0 saturated heterocycles. The summed E-state index contributed by atoms with van der Waals surface area (Å²) in [5.41, 5.74) is 1.81. The van der Waals surface area contributed by atoms with Gasteiger partial charge in [-0.1, -0.05) is 34.8 Å². The number of esters is 1. The fourth-order valence-electron chi connectivity index (χ4n) is 2.57. The van der Waals surface area contributed by atoms with Crippen molar-refractivity contribution in [1.82, 2.24) is 4.98 Å². The van der Waals surface area contributed by atoms with Gasteiger partial charge in [0.15, 0.2) is 19.0 Å². The number of nitrogens with one attached hydrogen (secondary N) is 1. The van der Waals surface area contributed by atoms with Gasteiger partial charge in [0.1, 0.15) is 5.75 Å². The van der Waals surface area contributed by atoms with Crippen LogP contribution < -0.4 is 4.74 Å². The van der Waals surface area contributed by atoms with Gasteiger partial charge in [0.05, 0.1) is 20.8 Å². The average Bonchev–Trinajstić information content (AvgIpc) is 2.89. The summed E-state index contributed by atoms with van der Waals surface area (Å²) in [5, 5.41) is 0.657. The second kappa shape index (κ2) is 8.78. The largest absolute Gasteiger partial charge is 0.480 e. The fourth-order valence-corrected chi connectivity index (χ4v) is 3.16. The molecule has 0 unspecified atom stereocenters. The summed E-state index contributed by atoms with van der Waals surface area (Å²) >= 11 is 17.6. The summed E-state index contributed by atoms with van der Waals surface area (Å²) in [5.74, 6) is -1.21. The van der Waals surface area contributed by atoms with Crippen molar-refractivity contribution in [3.63, 3.8) is 0 Å². The van der Waals surface area contributed by atoms with E-state index in [0.29, 0.717) is 16.8 Å². The highest BCUT2D eigenvalue weighted by Crippen LogP contribution is 2.33. The Morgan fingerprint density at radius 3 is 2.22 bits per heavy atom. The lowest BCUT2D eigenvalue weighted by Crippen LogP contribution is -2.20. The number of ketones is 2. The maximum absolute atomic E-state index is 12.3. The first-order chi connectivity index (χ1) is 12.6. The normalized spacial score (nSPS) is 10.6. The van der Waals surface area contributed by atoms with Crippen molar-refractivity contribution in [1.29, 1.82) is 0 Å². The molecule has 0 atom stereocenters. The number of halogens is 3. The monoisotopic (exact) mass is 431 g/mol. The second-order valence-corrected chi connectivity index (χ2v) is 6.97. The van der Waals surface area contributed by atoms with Crippen molar-refractivity contribution < 1.29 is 23.9 Å². The molecule has 0 radical (unpaired) electrons. The van der Waals surface area contributed by atoms with Crippen LogP contribution in [-0.2, 0) is 9.53 Å². The van der Waals surface area contributed by atoms with E-state index < -0.39 is 25.0 Å². The van der Waals surface area contributed by atoms with Gasteiger partial charge in [-0.2, -0.15) is 0 Å². The summed E-state index contributed by atoms with van der Waals surface area (Å²) in [6.45, 7) is 3.82. The number of carbonyl (C=O) groups is 3. The standard InChI is InChI=1S/C18H16Cl3NO5/c1-8-17(10(3)23)9(2)22-18(8)14(24)6-27-16(25)7-26-15-5-12(20)11(19)4-13(15)21/h4-5,22H,6-7H2,1-3H3. The first-order valence-electron chi connectivity index (χ1n) is 7.78. The van der Waals surface area contributed by atoms with Crippen LogP contribution in [0.5, 0.6) is 5.75 Å². The average molecular weight is 433 g/mol. The third kappa shape index (κ3) is 5.03. The number of aryl methyl sites for hydroxylation is 1. The highest BCUT2D eigenvalue weighted by atomic mass is 35.5. The lowest BCUT2D eigenvalue weighted by Gasteiger charge is -2.09. The maximum Gasteiger partial charge on any atom is 0.344 e. The zero-order chi connectivity index (χ0) is 20.3. The minimum Gasteiger partial charge on any atom is -0.480 e. The van der Waals surface area contributed by atoms with Crippen LogP contribution in [0.3, 0.4) is 0 Å². The Kier molecular flexibility index (Phi) is 6.92. The van der Waals surface area contributed by atoms with Crippen LogP contribution in [0.25, 0.3) is 0 Å². The fraction of sp³-hybridized carbons (Fsp3) is 0.278. The summed E-state index contributed by atoms with van der Waals surface area (Å²) in [4.78, 5) is 38.5. The van der Waals surface area contributed by atoms with Gasteiger partial charge in [0.2, 0.25) is 5.78 Å². The molecule has 1 aromatic carbocycles. The van der Waals surface area contributed by atoms with Gasteiger partial charge in [-0.15, -0.1) is 0 Å². The SMILES string of the molecule is CC(=O)c1c(C)[nH]c(C(=O)COC(=O)COc2cc(Cl)c(Cl)cc2Cl)c1C. The molecule has 0 saturated carbocycles. The van der Waals surface area contributed by atoms with Crippen LogP contribution in [0.1, 0.15) is 39.0 Å². The zero-order valence-electron chi connectivity index (χ0n) is 14.7. The minimum absolute atomic E-state index is 0.149. The Hall–Kier alpha value is -2.02. The number of rotatable bonds is 7. The molecule has 0 spiro atoms. The van der Waals surface area contributed by atoms with E-state index in [-0.39, 0.29) is 32.3 Å². The molecule has 0 fully saturated rings. The Morgan fingerprint density at radius 1 is 1.00 bits per heavy atom. The van der Waals surface area contributed by atoms with E-state index in [1.807, 2.05) is 0 Å². The first-order valence-corrected chi connectivity index (χ1v) is 8.91. The summed E-state index contributed by atoms with van der Waals surface area (Å²) in [6, 6.07) is 2.76. The van der Waals surface area contributed by atoms with Gasteiger partial charge >= 0.3 is 5.97 Å². The topological polar surface area (TPSA) is 85.5 Å². The van der Waals surface area contributed by atoms with Gasteiger partial charge < -0.3 is 14.5 Å². The molecule has 6 nitrogen and oxygen atoms in total. The highest BCUT2D eigenvalue weighted by Gasteiger charge is 2.21. The van der Waals surface area contributed by atoms with Crippen LogP contribution in [0, 0.1) is 13.8 Å². The van der Waals surface area contributed by atoms with E-state index >= 15 is 0 Å². The molecule has 0 bridgehead atoms. The number of Topliss-reactive ketones (excluding diaryl/α,β-unsaturated/α-hetero) is 2. The second-order valence-electron chi connectivity index (χ2n) is 5.75. The van der Waals surface area contributed by atoms with Crippen molar-refractivity contribution in [2.75, 3.05) is 13.2 Å². The number of hydrogen-bond acceptors (Lipinski definition) is 5. The Balaban J connectivity index is 1.94. The number of benzene rings is 1. The molecule has 9 heteroatoms. The third-order valence-corrected chi connectivity index (χ3v) is 4.77. The number of carbonyl (C=O) groups excluding carboxylic acids is 3. The predicted molar refractivity (Wildman–Crippen MR) is 103 cm³/mol. The molecule has 1 aromatic heterocycles. The van der Waals surface area contributed by atoms with E-state index in [1.54, 1.807) is 13.8 Å². The Morgan fingerprint density at radius 2 is 1.63 bits per heavy atom. The number of ether oxygens (including phenoxy) is 2. The molecule has 0 aliphatic carbocycles. The van der Waals surface area contributed by atoms with E-state index in [4.69, 9.17) is 44.3 Å². The number of H-pyrrole nitrogens is 1. The van der Waals surface area contributed by atoms with Crippen molar-refractivity contribution in [3.05, 3.63) is 49.7 Å². The Labute approximate surface area is 170 Å². The molecule has 2 rings (SSSR count). The molecule has 0 aliphatic heterocycles. The molecule has 0 amide bonds. The number of aromatic nitrogens is 1. The van der Waals surface area contributed by atoms with Crippen LogP contribution in [-0.4, -0.2) is 35.7 Å². The van der Waals surface area contributed by atoms with Crippen molar-refractivity contribution in [3.8, 4) is 5.75 Å². The van der Waals surface area contributed by atoms with Gasteiger partial charge in [-0.05, 0) is 32.4 Å². The van der Waals surface area contributed by atoms with Crippen molar-refractivity contribution in [2.45, 2.75) is 20.8 Å². The van der Waals surface area contributed by atoms with Gasteiger partial charge in [-0.3, -0.25) is 9.59 Å². The summed E-state index contributed by atoms with van der Waals surface area (Å²) in [6.07, 6.45) is 0. The van der Waals surface area contributed by atoms with Gasteiger partial charge in [0, 0.05) is 17.3 Å². The van der Waals surface area contributed by atoms with E-state index in [9.17, 15) is 14.4 Å². The molecular weight excluding hydrogens is 417 g/mol. The summed E-state index contributed by atoms with van der Waals surface area (Å²) in [7, 11) is 0. The molecule has 27 heavy (non-hydrogen) atoms. The van der Waals surface area contributed by atoms with Crippen LogP contribution in [0.4, 0.5) is 0 Å². The molecular formula is C18H16Cl3NO5. The smallest absolute Gasteiger partial charge is 0.344 e. The van der Waals surface area contributed by atoms with E-state index in [1.165, 1.54) is 19.1 Å². The van der Waals surface area contributed by atoms with Crippen LogP contribution >= 0.6 is 34.8 Å². The molecule has 1 N–H and O–H groups in total. The molecule has 144 valence electrons. The van der Waals surface area contributed by atoms with Crippen LogP contribution in [0.2, 0.25) is 15.1 Å². The van der Waals surface area contributed by atoms with Gasteiger partial charge in [-0.25, -0.2) is 4.79 Å². The quantitative estimate of drug-likeness (QED) is 0.392. The maximum atomic E-state index is 12.3. The Bertz CT molecular complexity index is 920. The lowest BCUT2D eigenvalue weighted by atomic mass is 10.1. The molecule has 1 heterocycles. The lowest BCUT2D eigenvalue weighted by molar-refractivity contribution is -0.144. The third-order valence-electron chi connectivity index (χ3n) is 3.75.